The maximum atomic E-state index is 12.1. The summed E-state index contributed by atoms with van der Waals surface area (Å²) in [5, 5.41) is 1.03. The molecule has 2 aliphatic heterocycles. The molecule has 3 N–H and O–H groups in total. The van der Waals surface area contributed by atoms with Gasteiger partial charge in [-0.2, -0.15) is 0 Å². The van der Waals surface area contributed by atoms with Crippen molar-refractivity contribution in [1.82, 2.24) is 20.8 Å². The number of pyridine rings is 2. The second-order valence-electron chi connectivity index (χ2n) is 8.00. The molecule has 9 heteroatoms. The summed E-state index contributed by atoms with van der Waals surface area (Å²) in [5.41, 5.74) is 10.4. The van der Waals surface area contributed by atoms with E-state index in [0.717, 1.165) is 59.6 Å². The Morgan fingerprint density at radius 1 is 1.19 bits per heavy atom. The van der Waals surface area contributed by atoms with Crippen molar-refractivity contribution in [2.45, 2.75) is 17.4 Å². The molecule has 2 unspecified atom stereocenters. The van der Waals surface area contributed by atoms with Crippen LogP contribution in [0, 0.1) is 4.78 Å². The molecule has 2 fully saturated rings. The molecule has 0 spiro atoms. The third-order valence-electron chi connectivity index (χ3n) is 5.86. The number of morpholine rings is 1. The van der Waals surface area contributed by atoms with Crippen LogP contribution in [0.2, 0.25) is 0 Å². The van der Waals surface area contributed by atoms with Gasteiger partial charge in [0.25, 0.3) is 0 Å². The van der Waals surface area contributed by atoms with E-state index in [1.165, 1.54) is 6.26 Å². The third-order valence-corrected chi connectivity index (χ3v) is 7.03. The minimum absolute atomic E-state index is 0.111. The monoisotopic (exact) mass is 438 g/mol. The maximum absolute atomic E-state index is 12.1. The molecule has 8 nitrogen and oxygen atoms in total. The molecule has 31 heavy (non-hydrogen) atoms. The van der Waals surface area contributed by atoms with Crippen molar-refractivity contribution in [2.75, 3.05) is 44.0 Å². The number of rotatable bonds is 4. The highest BCUT2D eigenvalue weighted by Crippen LogP contribution is 2.35. The van der Waals surface area contributed by atoms with Crippen molar-refractivity contribution in [3.63, 3.8) is 0 Å². The van der Waals surface area contributed by atoms with E-state index in [1.54, 1.807) is 12.1 Å². The SMILES string of the molecule is CS(=N)(=O)c1ccc(-c2cc(N3CCOCC3)nc3c(C4CCNN4)nccc23)cc1. The van der Waals surface area contributed by atoms with Crippen LogP contribution in [0.4, 0.5) is 5.82 Å². The highest BCUT2D eigenvalue weighted by molar-refractivity contribution is 7.91. The third kappa shape index (κ3) is 4.01. The first-order valence-electron chi connectivity index (χ1n) is 10.5. The molecule has 2 aliphatic rings. The Hall–Kier alpha value is -2.59. The zero-order chi connectivity index (χ0) is 21.4. The van der Waals surface area contributed by atoms with E-state index in [1.807, 2.05) is 24.4 Å². The molecular weight excluding hydrogens is 412 g/mol. The maximum Gasteiger partial charge on any atom is 0.130 e. The Morgan fingerprint density at radius 2 is 1.97 bits per heavy atom. The fraction of sp³-hybridized carbons (Fsp3) is 0.364. The van der Waals surface area contributed by atoms with Crippen molar-refractivity contribution < 1.29 is 8.95 Å². The second-order valence-corrected chi connectivity index (χ2v) is 10.2. The number of nitrogens with one attached hydrogen (secondary N) is 3. The van der Waals surface area contributed by atoms with Crippen LogP contribution in [0.1, 0.15) is 18.2 Å². The Bertz CT molecular complexity index is 1200. The minimum atomic E-state index is -2.75. The molecule has 0 amide bonds. The van der Waals surface area contributed by atoms with Crippen LogP contribution in [-0.2, 0) is 14.5 Å². The average molecular weight is 439 g/mol. The number of fused-ring (bicyclic) bond motifs is 1. The zero-order valence-electron chi connectivity index (χ0n) is 17.4. The predicted molar refractivity (Wildman–Crippen MR) is 122 cm³/mol. The lowest BCUT2D eigenvalue weighted by Gasteiger charge is -2.29. The Morgan fingerprint density at radius 3 is 2.65 bits per heavy atom. The topological polar surface area (TPSA) is 103 Å². The number of ether oxygens (including phenoxy) is 1. The van der Waals surface area contributed by atoms with Gasteiger partial charge in [-0.15, -0.1) is 0 Å². The molecule has 2 saturated heterocycles. The highest BCUT2D eigenvalue weighted by Gasteiger charge is 2.23. The van der Waals surface area contributed by atoms with Gasteiger partial charge in [0.1, 0.15) is 5.82 Å². The van der Waals surface area contributed by atoms with Gasteiger partial charge < -0.3 is 9.64 Å². The molecular formula is C22H26N6O2S. The summed E-state index contributed by atoms with van der Waals surface area (Å²) in [7, 11) is -2.75. The molecule has 3 aromatic rings. The van der Waals surface area contributed by atoms with E-state index in [9.17, 15) is 4.21 Å². The molecule has 0 radical (unpaired) electrons. The normalized spacial score (nSPS) is 21.3. The predicted octanol–water partition coefficient (Wildman–Crippen LogP) is 2.71. The number of aromatic nitrogens is 2. The van der Waals surface area contributed by atoms with E-state index in [0.29, 0.717) is 18.1 Å². The quantitative estimate of drug-likeness (QED) is 0.575. The molecule has 2 aromatic heterocycles. The van der Waals surface area contributed by atoms with Crippen LogP contribution in [0.3, 0.4) is 0 Å². The van der Waals surface area contributed by atoms with Gasteiger partial charge in [-0.3, -0.25) is 10.4 Å². The van der Waals surface area contributed by atoms with E-state index < -0.39 is 9.73 Å². The number of nitrogens with zero attached hydrogens (tertiary/aromatic N) is 3. The van der Waals surface area contributed by atoms with Crippen LogP contribution in [0.25, 0.3) is 22.0 Å². The molecule has 1 aromatic carbocycles. The first kappa shape index (κ1) is 20.3. The van der Waals surface area contributed by atoms with Gasteiger partial charge in [0.05, 0.1) is 40.2 Å². The lowest BCUT2D eigenvalue weighted by Crippen LogP contribution is -2.36. The van der Waals surface area contributed by atoms with Gasteiger partial charge in [0.15, 0.2) is 0 Å². The van der Waals surface area contributed by atoms with Gasteiger partial charge in [0.2, 0.25) is 0 Å². The number of benzene rings is 1. The van der Waals surface area contributed by atoms with Gasteiger partial charge in [-0.1, -0.05) is 12.1 Å². The van der Waals surface area contributed by atoms with Crippen LogP contribution in [0.15, 0.2) is 47.5 Å². The first-order valence-corrected chi connectivity index (χ1v) is 12.4. The largest absolute Gasteiger partial charge is 0.378 e. The van der Waals surface area contributed by atoms with Crippen LogP contribution in [0.5, 0.6) is 0 Å². The lowest BCUT2D eigenvalue weighted by molar-refractivity contribution is 0.122. The fourth-order valence-electron chi connectivity index (χ4n) is 4.19. The number of hydrogen-bond acceptors (Lipinski definition) is 8. The van der Waals surface area contributed by atoms with Gasteiger partial charge >= 0.3 is 0 Å². The van der Waals surface area contributed by atoms with Gasteiger partial charge in [-0.05, 0) is 41.8 Å². The highest BCUT2D eigenvalue weighted by atomic mass is 32.2. The summed E-state index contributed by atoms with van der Waals surface area (Å²) >= 11 is 0. The molecule has 4 heterocycles. The fourth-order valence-corrected chi connectivity index (χ4v) is 4.85. The molecule has 0 aliphatic carbocycles. The van der Waals surface area contributed by atoms with E-state index >= 15 is 0 Å². The number of anilines is 1. The van der Waals surface area contributed by atoms with Crippen molar-refractivity contribution >= 4 is 26.4 Å². The molecule has 162 valence electrons. The summed E-state index contributed by atoms with van der Waals surface area (Å²) in [6.07, 6.45) is 4.24. The molecule has 0 bridgehead atoms. The Labute approximate surface area is 182 Å². The van der Waals surface area contributed by atoms with Crippen molar-refractivity contribution in [3.05, 3.63) is 48.3 Å². The lowest BCUT2D eigenvalue weighted by atomic mass is 9.99. The van der Waals surface area contributed by atoms with Crippen LogP contribution >= 0.6 is 0 Å². The van der Waals surface area contributed by atoms with Crippen molar-refractivity contribution in [1.29, 1.82) is 4.78 Å². The second kappa shape index (κ2) is 8.16. The summed E-state index contributed by atoms with van der Waals surface area (Å²) in [6.45, 7) is 3.86. The smallest absolute Gasteiger partial charge is 0.130 e. The van der Waals surface area contributed by atoms with Crippen molar-refractivity contribution in [3.8, 4) is 11.1 Å². The summed E-state index contributed by atoms with van der Waals surface area (Å²) in [4.78, 5) is 12.5. The first-order chi connectivity index (χ1) is 15.0. The minimum Gasteiger partial charge on any atom is -0.378 e. The number of hydrazine groups is 1. The molecule has 0 saturated carbocycles. The van der Waals surface area contributed by atoms with E-state index in [4.69, 9.17) is 14.5 Å². The summed E-state index contributed by atoms with van der Waals surface area (Å²) < 4.78 is 25.5. The molecule has 2 atom stereocenters. The zero-order valence-corrected chi connectivity index (χ0v) is 18.2. The Balaban J connectivity index is 1.69. The number of hydrogen-bond donors (Lipinski definition) is 3. The summed E-state index contributed by atoms with van der Waals surface area (Å²) in [5.74, 6) is 0.912. The average Bonchev–Trinajstić information content (AvgIpc) is 3.33. The van der Waals surface area contributed by atoms with E-state index in [2.05, 4.69) is 26.8 Å². The standard InChI is InChI=1S/C22H26N6O2S/c1-31(23,29)16-4-2-15(3-5-16)18-14-20(28-10-12-30-13-11-28)26-21-17(18)6-8-24-22(21)19-7-9-25-27-19/h2-6,8,14,19,23,25,27H,7,9-13H2,1H3. The van der Waals surface area contributed by atoms with Gasteiger partial charge in [0, 0.05) is 42.4 Å². The van der Waals surface area contributed by atoms with E-state index in [-0.39, 0.29) is 6.04 Å². The van der Waals surface area contributed by atoms with Crippen LogP contribution in [-0.4, -0.2) is 53.3 Å². The summed E-state index contributed by atoms with van der Waals surface area (Å²) in [6, 6.07) is 11.7. The molecule has 5 rings (SSSR count). The van der Waals surface area contributed by atoms with Crippen molar-refractivity contribution in [2.24, 2.45) is 0 Å². The van der Waals surface area contributed by atoms with Gasteiger partial charge in [-0.25, -0.2) is 19.4 Å². The Kier molecular flexibility index (Phi) is 5.35. The van der Waals surface area contributed by atoms with Crippen LogP contribution < -0.4 is 15.8 Å².